The number of amides is 1. The van der Waals surface area contributed by atoms with Gasteiger partial charge in [0.1, 0.15) is 18.5 Å². The van der Waals surface area contributed by atoms with Gasteiger partial charge in [0.25, 0.3) is 0 Å². The Balaban J connectivity index is 1.81. The van der Waals surface area contributed by atoms with E-state index in [9.17, 15) is 24.9 Å². The van der Waals surface area contributed by atoms with Crippen LogP contribution in [0.3, 0.4) is 0 Å². The maximum atomic E-state index is 11.7. The highest BCUT2D eigenvalue weighted by Gasteiger charge is 2.22. The largest absolute Gasteiger partial charge is 0.508 e. The fourth-order valence-corrected chi connectivity index (χ4v) is 2.59. The van der Waals surface area contributed by atoms with Crippen LogP contribution in [0.5, 0.6) is 5.75 Å². The maximum absolute atomic E-state index is 11.7. The number of carboxylic acids is 1. The summed E-state index contributed by atoms with van der Waals surface area (Å²) >= 11 is 0. The second-order valence-corrected chi connectivity index (χ2v) is 6.25. The molecule has 2 atom stereocenters. The first-order chi connectivity index (χ1) is 13.4. The van der Waals surface area contributed by atoms with E-state index in [0.29, 0.717) is 5.56 Å². The van der Waals surface area contributed by atoms with E-state index >= 15 is 0 Å². The summed E-state index contributed by atoms with van der Waals surface area (Å²) in [6.07, 6.45) is -3.64. The number of ether oxygens (including phenoxy) is 1. The molecule has 28 heavy (non-hydrogen) atoms. The average Bonchev–Trinajstić information content (AvgIpc) is 2.67. The van der Waals surface area contributed by atoms with E-state index in [4.69, 9.17) is 9.84 Å². The Hall–Kier alpha value is -3.10. The number of phenols is 1. The minimum absolute atomic E-state index is 0.00417. The number of phenolic OH excluding ortho intramolecular Hbond substituents is 1. The number of carbonyl (C=O) groups is 2. The van der Waals surface area contributed by atoms with Gasteiger partial charge in [-0.2, -0.15) is 0 Å². The molecule has 0 aliphatic heterocycles. The van der Waals surface area contributed by atoms with Crippen molar-refractivity contribution in [2.75, 3.05) is 6.54 Å². The molecule has 150 valence electrons. The smallest absolute Gasteiger partial charge is 0.407 e. The number of aliphatic hydroxyl groups is 2. The predicted octanol–water partition coefficient (Wildman–Crippen LogP) is 1.73. The quantitative estimate of drug-likeness (QED) is 0.440. The van der Waals surface area contributed by atoms with Gasteiger partial charge in [-0.25, -0.2) is 4.79 Å². The molecule has 0 saturated heterocycles. The van der Waals surface area contributed by atoms with Crippen LogP contribution in [0.4, 0.5) is 4.79 Å². The van der Waals surface area contributed by atoms with E-state index in [1.165, 1.54) is 18.2 Å². The highest BCUT2D eigenvalue weighted by atomic mass is 16.5. The van der Waals surface area contributed by atoms with Gasteiger partial charge in [0, 0.05) is 12.1 Å². The van der Waals surface area contributed by atoms with Crippen molar-refractivity contribution in [2.24, 2.45) is 0 Å². The third-order valence-corrected chi connectivity index (χ3v) is 4.05. The summed E-state index contributed by atoms with van der Waals surface area (Å²) in [4.78, 5) is 22.5. The molecule has 0 saturated carbocycles. The fraction of sp³-hybridized carbons (Fsp3) is 0.300. The lowest BCUT2D eigenvalue weighted by Crippen LogP contribution is -2.29. The van der Waals surface area contributed by atoms with E-state index in [-0.39, 0.29) is 37.3 Å². The predicted molar refractivity (Wildman–Crippen MR) is 99.7 cm³/mol. The number of hydrogen-bond acceptors (Lipinski definition) is 6. The number of aromatic hydroxyl groups is 1. The van der Waals surface area contributed by atoms with Gasteiger partial charge < -0.3 is 30.5 Å². The first-order valence-electron chi connectivity index (χ1n) is 8.71. The summed E-state index contributed by atoms with van der Waals surface area (Å²) in [5.41, 5.74) is 1.25. The number of carboxylic acid groups (broad SMARTS) is 1. The maximum Gasteiger partial charge on any atom is 0.407 e. The SMILES string of the molecule is O=C(O)Cc1ccc(O)c(C(O)C(O)CCNC(=O)OCc2ccccc2)c1. The van der Waals surface area contributed by atoms with Crippen molar-refractivity contribution in [1.82, 2.24) is 5.32 Å². The summed E-state index contributed by atoms with van der Waals surface area (Å²) in [5.74, 6) is -1.30. The summed E-state index contributed by atoms with van der Waals surface area (Å²) in [5, 5.41) is 41.5. The summed E-state index contributed by atoms with van der Waals surface area (Å²) < 4.78 is 5.04. The number of alkyl carbamates (subject to hydrolysis) is 1. The van der Waals surface area contributed by atoms with E-state index in [1.807, 2.05) is 30.3 Å². The molecule has 8 heteroatoms. The zero-order valence-electron chi connectivity index (χ0n) is 15.1. The Morgan fingerprint density at radius 1 is 1.04 bits per heavy atom. The molecular formula is C20H23NO7. The highest BCUT2D eigenvalue weighted by Crippen LogP contribution is 2.28. The third kappa shape index (κ3) is 6.57. The highest BCUT2D eigenvalue weighted by molar-refractivity contribution is 5.70. The molecule has 0 fully saturated rings. The lowest BCUT2D eigenvalue weighted by atomic mass is 9.98. The third-order valence-electron chi connectivity index (χ3n) is 4.05. The minimum Gasteiger partial charge on any atom is -0.508 e. The van der Waals surface area contributed by atoms with Gasteiger partial charge in [-0.15, -0.1) is 0 Å². The Labute approximate surface area is 162 Å². The van der Waals surface area contributed by atoms with E-state index in [1.54, 1.807) is 0 Å². The van der Waals surface area contributed by atoms with Gasteiger partial charge in [0.15, 0.2) is 0 Å². The van der Waals surface area contributed by atoms with Crippen LogP contribution in [0, 0.1) is 0 Å². The number of carbonyl (C=O) groups excluding carboxylic acids is 1. The molecule has 5 N–H and O–H groups in total. The van der Waals surface area contributed by atoms with E-state index in [0.717, 1.165) is 5.56 Å². The normalized spacial score (nSPS) is 12.8. The van der Waals surface area contributed by atoms with Crippen molar-refractivity contribution in [3.05, 3.63) is 65.2 Å². The number of aliphatic carboxylic acids is 1. The molecule has 2 unspecified atom stereocenters. The monoisotopic (exact) mass is 389 g/mol. The van der Waals surface area contributed by atoms with Crippen LogP contribution in [-0.2, 0) is 22.6 Å². The van der Waals surface area contributed by atoms with Crippen LogP contribution in [0.25, 0.3) is 0 Å². The summed E-state index contributed by atoms with van der Waals surface area (Å²) in [7, 11) is 0. The lowest BCUT2D eigenvalue weighted by molar-refractivity contribution is -0.136. The fourth-order valence-electron chi connectivity index (χ4n) is 2.59. The first-order valence-corrected chi connectivity index (χ1v) is 8.71. The van der Waals surface area contributed by atoms with Gasteiger partial charge in [0.05, 0.1) is 12.5 Å². The molecule has 2 aromatic rings. The molecule has 0 aromatic heterocycles. The van der Waals surface area contributed by atoms with Gasteiger partial charge in [-0.3, -0.25) is 4.79 Å². The molecule has 2 aromatic carbocycles. The Bertz CT molecular complexity index is 794. The zero-order valence-corrected chi connectivity index (χ0v) is 15.1. The van der Waals surface area contributed by atoms with Gasteiger partial charge in [0.2, 0.25) is 0 Å². The number of hydrogen-bond donors (Lipinski definition) is 5. The van der Waals surface area contributed by atoms with E-state index in [2.05, 4.69) is 5.32 Å². The van der Waals surface area contributed by atoms with Crippen LogP contribution in [0.2, 0.25) is 0 Å². The molecule has 0 bridgehead atoms. The van der Waals surface area contributed by atoms with Crippen LogP contribution in [0.1, 0.15) is 29.2 Å². The topological polar surface area (TPSA) is 136 Å². The average molecular weight is 389 g/mol. The van der Waals surface area contributed by atoms with Crippen LogP contribution >= 0.6 is 0 Å². The molecule has 0 spiro atoms. The second-order valence-electron chi connectivity index (χ2n) is 6.25. The van der Waals surface area contributed by atoms with Crippen molar-refractivity contribution in [3.63, 3.8) is 0 Å². The molecule has 0 aliphatic rings. The lowest BCUT2D eigenvalue weighted by Gasteiger charge is -2.20. The Kier molecular flexibility index (Phi) is 7.79. The Morgan fingerprint density at radius 3 is 2.43 bits per heavy atom. The van der Waals surface area contributed by atoms with Crippen LogP contribution in [0.15, 0.2) is 48.5 Å². The zero-order chi connectivity index (χ0) is 20.5. The van der Waals surface area contributed by atoms with Crippen molar-refractivity contribution in [2.45, 2.75) is 31.7 Å². The van der Waals surface area contributed by atoms with Crippen molar-refractivity contribution >= 4 is 12.1 Å². The molecule has 0 heterocycles. The molecule has 0 aliphatic carbocycles. The Morgan fingerprint density at radius 2 is 1.75 bits per heavy atom. The van der Waals surface area contributed by atoms with Gasteiger partial charge >= 0.3 is 12.1 Å². The molecule has 0 radical (unpaired) electrons. The van der Waals surface area contributed by atoms with Crippen molar-refractivity contribution in [3.8, 4) is 5.75 Å². The number of aliphatic hydroxyl groups excluding tert-OH is 2. The molecular weight excluding hydrogens is 366 g/mol. The summed E-state index contributed by atoms with van der Waals surface area (Å²) in [6, 6.07) is 13.2. The van der Waals surface area contributed by atoms with Crippen LogP contribution in [-0.4, -0.2) is 45.1 Å². The van der Waals surface area contributed by atoms with Crippen molar-refractivity contribution in [1.29, 1.82) is 0 Å². The number of benzene rings is 2. The second kappa shape index (κ2) is 10.3. The van der Waals surface area contributed by atoms with Crippen LogP contribution < -0.4 is 5.32 Å². The van der Waals surface area contributed by atoms with Gasteiger partial charge in [-0.05, 0) is 29.7 Å². The molecule has 1 amide bonds. The number of rotatable bonds is 9. The standard InChI is InChI=1S/C20H23NO7/c22-16-7-6-14(11-18(24)25)10-15(16)19(26)17(23)8-9-21-20(27)28-12-13-4-2-1-3-5-13/h1-7,10,17,19,22-23,26H,8-9,11-12H2,(H,21,27)(H,24,25). The minimum atomic E-state index is -1.43. The molecule has 8 nitrogen and oxygen atoms in total. The van der Waals surface area contributed by atoms with E-state index < -0.39 is 24.3 Å². The van der Waals surface area contributed by atoms with Gasteiger partial charge in [-0.1, -0.05) is 36.4 Å². The first kappa shape index (κ1) is 21.2. The van der Waals surface area contributed by atoms with Crippen molar-refractivity contribution < 1.29 is 34.8 Å². The summed E-state index contributed by atoms with van der Waals surface area (Å²) in [6.45, 7) is 0.156. The number of nitrogens with one attached hydrogen (secondary N) is 1. The molecule has 2 rings (SSSR count).